The van der Waals surface area contributed by atoms with Gasteiger partial charge in [-0.2, -0.15) is 0 Å². The van der Waals surface area contributed by atoms with E-state index in [1.54, 1.807) is 31.5 Å². The largest absolute Gasteiger partial charge is 0.331 e. The lowest BCUT2D eigenvalue weighted by Crippen LogP contribution is -2.59. The Labute approximate surface area is 109 Å². The molecule has 2 heterocycles. The van der Waals surface area contributed by atoms with E-state index in [4.69, 9.17) is 0 Å². The molecule has 1 spiro atoms. The van der Waals surface area contributed by atoms with E-state index in [0.29, 0.717) is 12.8 Å². The molecule has 1 N–H and O–H groups in total. The fraction of sp³-hybridized carbons (Fsp3) is 0.385. The number of amides is 4. The molecule has 0 aromatic carbocycles. The summed E-state index contributed by atoms with van der Waals surface area (Å²) in [7, 11) is 0. The van der Waals surface area contributed by atoms with Crippen LogP contribution in [0.25, 0.3) is 0 Å². The highest BCUT2D eigenvalue weighted by molar-refractivity contribution is 6.21. The number of hydrogen-bond donors (Lipinski definition) is 1. The highest BCUT2D eigenvalue weighted by Crippen LogP contribution is 2.50. The van der Waals surface area contributed by atoms with Gasteiger partial charge in [-0.05, 0) is 31.4 Å². The first kappa shape index (κ1) is 11.8. The van der Waals surface area contributed by atoms with Crippen molar-refractivity contribution in [2.75, 3.05) is 0 Å². The van der Waals surface area contributed by atoms with Crippen LogP contribution in [-0.4, -0.2) is 27.7 Å². The fourth-order valence-electron chi connectivity index (χ4n) is 2.39. The summed E-state index contributed by atoms with van der Waals surface area (Å²) in [6, 6.07) is 2.46. The third-order valence-electron chi connectivity index (χ3n) is 3.81. The Bertz CT molecular complexity index is 566. The molecular formula is C13H13N3O3. The number of carbonyl (C=O) groups excluding carboxylic acids is 3. The maximum absolute atomic E-state index is 12.4. The van der Waals surface area contributed by atoms with E-state index in [-0.39, 0.29) is 0 Å². The van der Waals surface area contributed by atoms with Gasteiger partial charge in [0, 0.05) is 12.4 Å². The lowest BCUT2D eigenvalue weighted by molar-refractivity contribution is -0.146. The molecule has 1 aliphatic heterocycles. The van der Waals surface area contributed by atoms with Crippen LogP contribution >= 0.6 is 0 Å². The Morgan fingerprint density at radius 2 is 2.11 bits per heavy atom. The first-order valence-corrected chi connectivity index (χ1v) is 6.15. The number of nitrogens with zero attached hydrogens (tertiary/aromatic N) is 2. The number of imide groups is 2. The Morgan fingerprint density at radius 1 is 1.37 bits per heavy atom. The molecular weight excluding hydrogens is 246 g/mol. The molecule has 98 valence electrons. The van der Waals surface area contributed by atoms with Crippen molar-refractivity contribution >= 4 is 17.8 Å². The zero-order chi connectivity index (χ0) is 13.6. The van der Waals surface area contributed by atoms with Crippen molar-refractivity contribution in [3.05, 3.63) is 30.1 Å². The highest BCUT2D eigenvalue weighted by atomic mass is 16.2. The van der Waals surface area contributed by atoms with Crippen LogP contribution in [0.3, 0.4) is 0 Å². The summed E-state index contributed by atoms with van der Waals surface area (Å²) >= 11 is 0. The quantitative estimate of drug-likeness (QED) is 0.803. The molecule has 1 unspecified atom stereocenters. The first-order valence-electron chi connectivity index (χ1n) is 6.15. The monoisotopic (exact) mass is 259 g/mol. The second-order valence-corrected chi connectivity index (χ2v) is 4.98. The molecule has 1 saturated heterocycles. The van der Waals surface area contributed by atoms with Gasteiger partial charge in [-0.15, -0.1) is 0 Å². The van der Waals surface area contributed by atoms with Gasteiger partial charge in [0.25, 0.3) is 0 Å². The van der Waals surface area contributed by atoms with E-state index in [1.165, 1.54) is 0 Å². The number of barbiturate groups is 1. The van der Waals surface area contributed by atoms with Crippen LogP contribution in [0, 0.1) is 5.41 Å². The average molecular weight is 259 g/mol. The summed E-state index contributed by atoms with van der Waals surface area (Å²) in [4.78, 5) is 41.1. The van der Waals surface area contributed by atoms with Crippen LogP contribution in [0.5, 0.6) is 0 Å². The molecule has 2 aliphatic rings. The number of rotatable bonds is 2. The van der Waals surface area contributed by atoms with E-state index >= 15 is 0 Å². The van der Waals surface area contributed by atoms with Gasteiger partial charge < -0.3 is 0 Å². The van der Waals surface area contributed by atoms with Gasteiger partial charge in [-0.1, -0.05) is 6.07 Å². The van der Waals surface area contributed by atoms with Crippen molar-refractivity contribution < 1.29 is 14.4 Å². The molecule has 1 aromatic rings. The maximum Gasteiger partial charge on any atom is 0.331 e. The number of pyridine rings is 1. The Balaban J connectivity index is 1.93. The van der Waals surface area contributed by atoms with Crippen molar-refractivity contribution in [2.24, 2.45) is 5.41 Å². The van der Waals surface area contributed by atoms with E-state index < -0.39 is 29.3 Å². The topological polar surface area (TPSA) is 79.4 Å². The standard InChI is InChI=1S/C13H13N3O3/c1-8(9-3-2-6-14-7-9)16-11(18)13(4-5-13)10(17)15-12(16)19/h2-3,6-8H,4-5H2,1H3,(H,15,17,19). The third kappa shape index (κ3) is 1.63. The van der Waals surface area contributed by atoms with Crippen LogP contribution in [-0.2, 0) is 9.59 Å². The van der Waals surface area contributed by atoms with Crippen molar-refractivity contribution in [1.82, 2.24) is 15.2 Å². The minimum atomic E-state index is -0.996. The SMILES string of the molecule is CC(c1cccnc1)N1C(=O)NC(=O)C2(CC2)C1=O. The zero-order valence-electron chi connectivity index (χ0n) is 10.4. The first-order chi connectivity index (χ1) is 9.06. The second-order valence-electron chi connectivity index (χ2n) is 4.98. The zero-order valence-corrected chi connectivity index (χ0v) is 10.4. The van der Waals surface area contributed by atoms with Gasteiger partial charge in [-0.3, -0.25) is 24.8 Å². The van der Waals surface area contributed by atoms with E-state index in [2.05, 4.69) is 10.3 Å². The average Bonchev–Trinajstić information content (AvgIpc) is 3.19. The molecule has 6 nitrogen and oxygen atoms in total. The second kappa shape index (κ2) is 3.88. The Kier molecular flexibility index (Phi) is 2.41. The summed E-state index contributed by atoms with van der Waals surface area (Å²) < 4.78 is 0. The smallest absolute Gasteiger partial charge is 0.277 e. The molecule has 0 radical (unpaired) electrons. The number of nitrogens with one attached hydrogen (secondary N) is 1. The normalized spacial score (nSPS) is 22.4. The molecule has 1 saturated carbocycles. The number of aromatic nitrogens is 1. The summed E-state index contributed by atoms with van der Waals surface area (Å²) in [5, 5.41) is 2.27. The van der Waals surface area contributed by atoms with Crippen LogP contribution in [0.4, 0.5) is 4.79 Å². The van der Waals surface area contributed by atoms with Gasteiger partial charge in [0.15, 0.2) is 0 Å². The van der Waals surface area contributed by atoms with Crippen LogP contribution in [0.2, 0.25) is 0 Å². The van der Waals surface area contributed by atoms with Gasteiger partial charge in [0.2, 0.25) is 11.8 Å². The minimum absolute atomic E-state index is 0.391. The predicted molar refractivity (Wildman–Crippen MR) is 64.7 cm³/mol. The van der Waals surface area contributed by atoms with Gasteiger partial charge in [0.05, 0.1) is 6.04 Å². The van der Waals surface area contributed by atoms with Crippen molar-refractivity contribution in [3.63, 3.8) is 0 Å². The molecule has 0 bridgehead atoms. The number of carbonyl (C=O) groups is 3. The van der Waals surface area contributed by atoms with Crippen molar-refractivity contribution in [3.8, 4) is 0 Å². The summed E-state index contributed by atoms with van der Waals surface area (Å²) in [5.41, 5.74) is -0.235. The molecule has 4 amide bonds. The fourth-order valence-corrected chi connectivity index (χ4v) is 2.39. The molecule has 1 aromatic heterocycles. The molecule has 3 rings (SSSR count). The predicted octanol–water partition coefficient (Wildman–Crippen LogP) is 1.00. The highest BCUT2D eigenvalue weighted by Gasteiger charge is 2.62. The van der Waals surface area contributed by atoms with E-state index in [0.717, 1.165) is 10.5 Å². The van der Waals surface area contributed by atoms with Crippen LogP contribution < -0.4 is 5.32 Å². The molecule has 1 aliphatic carbocycles. The van der Waals surface area contributed by atoms with Gasteiger partial charge >= 0.3 is 6.03 Å². The van der Waals surface area contributed by atoms with Gasteiger partial charge in [0.1, 0.15) is 5.41 Å². The van der Waals surface area contributed by atoms with Crippen molar-refractivity contribution in [2.45, 2.75) is 25.8 Å². The van der Waals surface area contributed by atoms with E-state index in [9.17, 15) is 14.4 Å². The third-order valence-corrected chi connectivity index (χ3v) is 3.81. The Hall–Kier alpha value is -2.24. The summed E-state index contributed by atoms with van der Waals surface area (Å²) in [6.07, 6.45) is 4.27. The maximum atomic E-state index is 12.4. The minimum Gasteiger partial charge on any atom is -0.277 e. The molecule has 6 heteroatoms. The lowest BCUT2D eigenvalue weighted by Gasteiger charge is -2.34. The Morgan fingerprint density at radius 3 is 2.68 bits per heavy atom. The number of hydrogen-bond acceptors (Lipinski definition) is 4. The van der Waals surface area contributed by atoms with Gasteiger partial charge in [-0.25, -0.2) is 4.79 Å². The number of urea groups is 1. The lowest BCUT2D eigenvalue weighted by atomic mass is 9.99. The molecule has 19 heavy (non-hydrogen) atoms. The summed E-state index contributed by atoms with van der Waals surface area (Å²) in [5.74, 6) is -0.852. The summed E-state index contributed by atoms with van der Waals surface area (Å²) in [6.45, 7) is 1.75. The molecule has 1 atom stereocenters. The van der Waals surface area contributed by atoms with Crippen molar-refractivity contribution in [1.29, 1.82) is 0 Å². The molecule has 2 fully saturated rings. The van der Waals surface area contributed by atoms with E-state index in [1.807, 2.05) is 0 Å². The van der Waals surface area contributed by atoms with Crippen LogP contribution in [0.15, 0.2) is 24.5 Å². The van der Waals surface area contributed by atoms with Crippen LogP contribution in [0.1, 0.15) is 31.4 Å².